The summed E-state index contributed by atoms with van der Waals surface area (Å²) in [6, 6.07) is 96.5. The fourth-order valence-corrected chi connectivity index (χ4v) is 10.9. The minimum absolute atomic E-state index is 0.862. The van der Waals surface area contributed by atoms with Crippen LogP contribution in [0.4, 0.5) is 34.1 Å². The Morgan fingerprint density at radius 2 is 0.616 bits per heavy atom. The molecular weight excluding hydrogens is 885 g/mol. The molecule has 13 rings (SSSR count). The van der Waals surface area contributed by atoms with Crippen molar-refractivity contribution < 1.29 is 4.42 Å². The molecule has 0 aliphatic carbocycles. The molecule has 0 saturated carbocycles. The molecule has 1 heterocycles. The Morgan fingerprint density at radius 1 is 0.260 bits per heavy atom. The number of para-hydroxylation sites is 2. The van der Waals surface area contributed by atoms with E-state index >= 15 is 0 Å². The normalized spacial score (nSPS) is 11.4. The van der Waals surface area contributed by atoms with Crippen LogP contribution in [-0.4, -0.2) is 0 Å². The molecular formula is C70H50N2O. The predicted molar refractivity (Wildman–Crippen MR) is 309 cm³/mol. The Kier molecular flexibility index (Phi) is 11.0. The number of furan rings is 1. The first kappa shape index (κ1) is 43.6. The summed E-state index contributed by atoms with van der Waals surface area (Å²) < 4.78 is 6.90. The standard InChI is InChI=1S/C70H50N2O/c1-47-19-15-33-63(51-25-11-5-12-26-51)69(47)71(59-31-17-29-53(39-59)49-21-7-3-8-22-49)61-37-35-55-43-65-66-44-56-36-38-62(42-58(56)46-68(66)73-67(65)45-57(55)41-61)72(60-32-18-30-54(40-60)50-23-9-4-10-24-50)70-48(2)20-16-34-64(70)52-27-13-6-14-28-52/h3-46H,1-2H3. The summed E-state index contributed by atoms with van der Waals surface area (Å²) in [5.41, 5.74) is 20.1. The number of rotatable bonds is 10. The van der Waals surface area contributed by atoms with Crippen molar-refractivity contribution >= 4 is 77.6 Å². The van der Waals surface area contributed by atoms with Crippen LogP contribution in [0.2, 0.25) is 0 Å². The first-order chi connectivity index (χ1) is 36.0. The maximum absolute atomic E-state index is 6.90. The smallest absolute Gasteiger partial charge is 0.136 e. The molecule has 0 aliphatic rings. The van der Waals surface area contributed by atoms with Crippen LogP contribution in [0.1, 0.15) is 11.1 Å². The van der Waals surface area contributed by atoms with E-state index in [0.29, 0.717) is 0 Å². The third-order valence-electron chi connectivity index (χ3n) is 14.4. The van der Waals surface area contributed by atoms with Crippen molar-refractivity contribution in [3.05, 3.63) is 278 Å². The van der Waals surface area contributed by atoms with E-state index in [9.17, 15) is 0 Å². The van der Waals surface area contributed by atoms with Gasteiger partial charge >= 0.3 is 0 Å². The zero-order chi connectivity index (χ0) is 48.8. The summed E-state index contributed by atoms with van der Waals surface area (Å²) in [7, 11) is 0. The molecule has 0 aliphatic heterocycles. The second-order valence-corrected chi connectivity index (χ2v) is 19.0. The first-order valence-corrected chi connectivity index (χ1v) is 25.1. The van der Waals surface area contributed by atoms with Gasteiger partial charge in [0.1, 0.15) is 11.2 Å². The largest absolute Gasteiger partial charge is 0.456 e. The van der Waals surface area contributed by atoms with E-state index in [2.05, 4.69) is 291 Å². The van der Waals surface area contributed by atoms with E-state index < -0.39 is 0 Å². The van der Waals surface area contributed by atoms with Crippen molar-refractivity contribution in [1.82, 2.24) is 0 Å². The number of aryl methyl sites for hydroxylation is 2. The van der Waals surface area contributed by atoms with Crippen molar-refractivity contribution in [1.29, 1.82) is 0 Å². The van der Waals surface area contributed by atoms with E-state index in [1.807, 2.05) is 0 Å². The fourth-order valence-electron chi connectivity index (χ4n) is 10.9. The van der Waals surface area contributed by atoms with Crippen LogP contribution in [-0.2, 0) is 0 Å². The summed E-state index contributed by atoms with van der Waals surface area (Å²) >= 11 is 0. The summed E-state index contributed by atoms with van der Waals surface area (Å²) in [5.74, 6) is 0. The lowest BCUT2D eigenvalue weighted by Crippen LogP contribution is -2.13. The zero-order valence-electron chi connectivity index (χ0n) is 40.7. The highest BCUT2D eigenvalue weighted by atomic mass is 16.3. The maximum Gasteiger partial charge on any atom is 0.136 e. The van der Waals surface area contributed by atoms with Gasteiger partial charge in [0.2, 0.25) is 0 Å². The Labute approximate surface area is 426 Å². The van der Waals surface area contributed by atoms with Crippen LogP contribution in [0.3, 0.4) is 0 Å². The molecule has 13 aromatic rings. The molecule has 0 fully saturated rings. The third kappa shape index (κ3) is 8.08. The van der Waals surface area contributed by atoms with Crippen LogP contribution < -0.4 is 9.80 Å². The molecule has 0 amide bonds. The number of fused-ring (bicyclic) bond motifs is 5. The van der Waals surface area contributed by atoms with E-state index in [1.54, 1.807) is 0 Å². The van der Waals surface area contributed by atoms with Gasteiger partial charge in [-0.2, -0.15) is 0 Å². The van der Waals surface area contributed by atoms with Crippen LogP contribution >= 0.6 is 0 Å². The predicted octanol–water partition coefficient (Wildman–Crippen LogP) is 20.1. The summed E-state index contributed by atoms with van der Waals surface area (Å²) in [5, 5.41) is 6.73. The van der Waals surface area contributed by atoms with Gasteiger partial charge in [0, 0.05) is 44.6 Å². The van der Waals surface area contributed by atoms with Crippen molar-refractivity contribution in [2.75, 3.05) is 9.80 Å². The van der Waals surface area contributed by atoms with E-state index in [-0.39, 0.29) is 0 Å². The van der Waals surface area contributed by atoms with Gasteiger partial charge in [0.05, 0.1) is 11.4 Å². The van der Waals surface area contributed by atoms with Gasteiger partial charge in [0.25, 0.3) is 0 Å². The quantitative estimate of drug-likeness (QED) is 0.136. The van der Waals surface area contributed by atoms with Gasteiger partial charge in [-0.3, -0.25) is 0 Å². The lowest BCUT2D eigenvalue weighted by Gasteiger charge is -2.30. The highest BCUT2D eigenvalue weighted by Gasteiger charge is 2.23. The molecule has 0 spiro atoms. The maximum atomic E-state index is 6.90. The van der Waals surface area contributed by atoms with E-state index in [1.165, 1.54) is 55.6 Å². The van der Waals surface area contributed by atoms with Gasteiger partial charge in [-0.25, -0.2) is 0 Å². The number of benzene rings is 12. The molecule has 3 heteroatoms. The molecule has 73 heavy (non-hydrogen) atoms. The summed E-state index contributed by atoms with van der Waals surface area (Å²) in [4.78, 5) is 4.86. The Hall–Kier alpha value is -9.44. The van der Waals surface area contributed by atoms with E-state index in [4.69, 9.17) is 4.42 Å². The SMILES string of the molecule is Cc1cccc(-c2ccccc2)c1N(c1cccc(-c2ccccc2)c1)c1ccc2cc3c(cc2c1)oc1cc2cc(N(c4cccc(-c5ccccc5)c4)c4c(C)cccc4-c4ccccc4)ccc2cc13. The number of hydrogen-bond acceptors (Lipinski definition) is 3. The summed E-state index contributed by atoms with van der Waals surface area (Å²) in [6.45, 7) is 4.43. The molecule has 0 radical (unpaired) electrons. The fraction of sp³-hybridized carbons (Fsp3) is 0.0286. The highest BCUT2D eigenvalue weighted by Crippen LogP contribution is 2.47. The molecule has 346 valence electrons. The monoisotopic (exact) mass is 934 g/mol. The molecule has 0 atom stereocenters. The summed E-state index contributed by atoms with van der Waals surface area (Å²) in [6.07, 6.45) is 0. The minimum Gasteiger partial charge on any atom is -0.456 e. The topological polar surface area (TPSA) is 19.6 Å². The average Bonchev–Trinajstić information content (AvgIpc) is 3.79. The molecule has 3 nitrogen and oxygen atoms in total. The third-order valence-corrected chi connectivity index (χ3v) is 14.4. The minimum atomic E-state index is 0.862. The molecule has 0 saturated heterocycles. The van der Waals surface area contributed by atoms with Crippen molar-refractivity contribution in [3.8, 4) is 44.5 Å². The lowest BCUT2D eigenvalue weighted by molar-refractivity contribution is 0.670. The second-order valence-electron chi connectivity index (χ2n) is 19.0. The van der Waals surface area contributed by atoms with Gasteiger partial charge in [-0.1, -0.05) is 194 Å². The Bertz CT molecular complexity index is 3890. The van der Waals surface area contributed by atoms with E-state index in [0.717, 1.165) is 77.6 Å². The number of hydrogen-bond donors (Lipinski definition) is 0. The number of anilines is 6. The lowest BCUT2D eigenvalue weighted by atomic mass is 9.97. The van der Waals surface area contributed by atoms with Crippen molar-refractivity contribution in [3.63, 3.8) is 0 Å². The average molecular weight is 935 g/mol. The second kappa shape index (κ2) is 18.4. The van der Waals surface area contributed by atoms with Crippen LogP contribution in [0.15, 0.2) is 271 Å². The first-order valence-electron chi connectivity index (χ1n) is 25.1. The highest BCUT2D eigenvalue weighted by molar-refractivity contribution is 6.14. The molecule has 0 bridgehead atoms. The van der Waals surface area contributed by atoms with Gasteiger partial charge < -0.3 is 14.2 Å². The Morgan fingerprint density at radius 3 is 1.03 bits per heavy atom. The van der Waals surface area contributed by atoms with Crippen LogP contribution in [0, 0.1) is 13.8 Å². The molecule has 0 unspecified atom stereocenters. The van der Waals surface area contributed by atoms with Crippen LogP contribution in [0.5, 0.6) is 0 Å². The van der Waals surface area contributed by atoms with Crippen LogP contribution in [0.25, 0.3) is 88.0 Å². The van der Waals surface area contributed by atoms with Gasteiger partial charge in [-0.05, 0) is 153 Å². The zero-order valence-corrected chi connectivity index (χ0v) is 40.7. The molecule has 0 N–H and O–H groups in total. The van der Waals surface area contributed by atoms with Crippen molar-refractivity contribution in [2.24, 2.45) is 0 Å². The van der Waals surface area contributed by atoms with Gasteiger partial charge in [-0.15, -0.1) is 0 Å². The van der Waals surface area contributed by atoms with Crippen molar-refractivity contribution in [2.45, 2.75) is 13.8 Å². The number of nitrogens with zero attached hydrogens (tertiary/aromatic N) is 2. The molecule has 1 aromatic heterocycles. The Balaban J connectivity index is 0.947. The molecule has 12 aromatic carbocycles. The van der Waals surface area contributed by atoms with Gasteiger partial charge in [0.15, 0.2) is 0 Å².